The summed E-state index contributed by atoms with van der Waals surface area (Å²) in [6.07, 6.45) is 27.5. The van der Waals surface area contributed by atoms with E-state index in [4.69, 9.17) is 5.11 Å². The molecule has 0 aliphatic carbocycles. The van der Waals surface area contributed by atoms with Crippen LogP contribution in [-0.2, 0) is 9.59 Å². The van der Waals surface area contributed by atoms with Crippen LogP contribution in [0, 0.1) is 5.92 Å². The topological polar surface area (TPSA) is 94.8 Å². The normalized spacial score (nSPS) is 14.9. The number of aliphatic hydroxyl groups is 3. The Kier molecular flexibility index (Phi) is 23.6. The van der Waals surface area contributed by atoms with Crippen LogP contribution in [0.1, 0.15) is 110 Å². The number of aliphatic hydroxyl groups excluding tert-OH is 3. The van der Waals surface area contributed by atoms with Crippen LogP contribution < -0.4 is 0 Å². The molecule has 0 radical (unpaired) electrons. The summed E-state index contributed by atoms with van der Waals surface area (Å²) in [6, 6.07) is 0. The zero-order valence-electron chi connectivity index (χ0n) is 22.8. The van der Waals surface area contributed by atoms with Gasteiger partial charge in [-0.1, -0.05) is 101 Å². The van der Waals surface area contributed by atoms with Gasteiger partial charge in [0.25, 0.3) is 0 Å². The largest absolute Gasteiger partial charge is 0.394 e. The monoisotopic (exact) mass is 504 g/mol. The molecule has 206 valence electrons. The van der Waals surface area contributed by atoms with Gasteiger partial charge in [-0.3, -0.25) is 9.59 Å². The number of hydrogen-bond donors (Lipinski definition) is 3. The molecule has 0 aromatic carbocycles. The number of carbonyl (C=O) groups excluding carboxylic acids is 2. The minimum atomic E-state index is -1.74. The molecule has 0 aliphatic rings. The smallest absolute Gasteiger partial charge is 0.174 e. The highest BCUT2D eigenvalue weighted by Gasteiger charge is 2.33. The van der Waals surface area contributed by atoms with E-state index in [0.29, 0.717) is 19.3 Å². The molecule has 0 heterocycles. The number of allylic oxidation sites excluding steroid dienone is 8. The Morgan fingerprint density at radius 1 is 0.667 bits per heavy atom. The lowest BCUT2D eigenvalue weighted by molar-refractivity contribution is -0.144. The minimum absolute atomic E-state index is 0.184. The molecule has 0 aromatic heterocycles. The van der Waals surface area contributed by atoms with Crippen LogP contribution in [0.3, 0.4) is 0 Å². The van der Waals surface area contributed by atoms with Crippen molar-refractivity contribution in [2.75, 3.05) is 6.61 Å². The van der Waals surface area contributed by atoms with Crippen LogP contribution in [0.25, 0.3) is 0 Å². The van der Waals surface area contributed by atoms with Crippen LogP contribution >= 0.6 is 0 Å². The van der Waals surface area contributed by atoms with Gasteiger partial charge >= 0.3 is 0 Å². The van der Waals surface area contributed by atoms with Crippen molar-refractivity contribution in [3.05, 3.63) is 48.6 Å². The maximum Gasteiger partial charge on any atom is 0.174 e. The maximum absolute atomic E-state index is 12.7. The van der Waals surface area contributed by atoms with Gasteiger partial charge in [-0.05, 0) is 51.4 Å². The third kappa shape index (κ3) is 18.4. The summed E-state index contributed by atoms with van der Waals surface area (Å²) in [5.74, 6) is -1.82. The predicted molar refractivity (Wildman–Crippen MR) is 150 cm³/mol. The van der Waals surface area contributed by atoms with Gasteiger partial charge in [-0.2, -0.15) is 0 Å². The molecule has 0 saturated heterocycles. The third-order valence-electron chi connectivity index (χ3n) is 6.18. The van der Waals surface area contributed by atoms with Crippen LogP contribution in [-0.4, -0.2) is 45.7 Å². The molecule has 0 saturated carbocycles. The molecule has 0 aliphatic heterocycles. The van der Waals surface area contributed by atoms with E-state index in [0.717, 1.165) is 51.4 Å². The van der Waals surface area contributed by atoms with Crippen molar-refractivity contribution in [3.8, 4) is 0 Å². The standard InChI is InChI=1S/C31H52O5/c1-3-5-7-9-10-11-12-13-14-15-16-17-18-19-21-22-24-27(30(35)31(36)29(34)26-32)28(33)25-23-20-8-6-4-2/h10-11,13-14,16-17,19,21,27,29,31-32,34,36H,3-9,12,15,18,20,22-26H2,1-2H3/b11-10-,14-13-,17-16-,21-19-. The maximum atomic E-state index is 12.7. The quantitative estimate of drug-likeness (QED) is 0.0785. The second-order valence-corrected chi connectivity index (χ2v) is 9.45. The first-order valence-electron chi connectivity index (χ1n) is 14.1. The second kappa shape index (κ2) is 24.9. The van der Waals surface area contributed by atoms with Gasteiger partial charge in [0.1, 0.15) is 18.0 Å². The average molecular weight is 505 g/mol. The van der Waals surface area contributed by atoms with Crippen molar-refractivity contribution in [3.63, 3.8) is 0 Å². The van der Waals surface area contributed by atoms with Gasteiger partial charge in [0.15, 0.2) is 5.78 Å². The van der Waals surface area contributed by atoms with E-state index in [9.17, 15) is 19.8 Å². The molecular formula is C31H52O5. The molecule has 0 amide bonds. The zero-order chi connectivity index (χ0) is 26.9. The molecule has 5 nitrogen and oxygen atoms in total. The highest BCUT2D eigenvalue weighted by molar-refractivity contribution is 6.04. The lowest BCUT2D eigenvalue weighted by atomic mass is 9.86. The third-order valence-corrected chi connectivity index (χ3v) is 6.18. The molecule has 3 unspecified atom stereocenters. The van der Waals surface area contributed by atoms with Gasteiger partial charge in [0.05, 0.1) is 12.5 Å². The fraction of sp³-hybridized carbons (Fsp3) is 0.677. The van der Waals surface area contributed by atoms with Gasteiger partial charge in [0.2, 0.25) is 0 Å². The van der Waals surface area contributed by atoms with Crippen LogP contribution in [0.15, 0.2) is 48.6 Å². The number of Topliss-reactive ketones (excluding diaryl/α,β-unsaturated/α-hetero) is 2. The van der Waals surface area contributed by atoms with Crippen molar-refractivity contribution in [2.45, 2.75) is 122 Å². The number of hydrogen-bond acceptors (Lipinski definition) is 5. The van der Waals surface area contributed by atoms with Crippen molar-refractivity contribution in [1.29, 1.82) is 0 Å². The van der Waals surface area contributed by atoms with E-state index >= 15 is 0 Å². The summed E-state index contributed by atoms with van der Waals surface area (Å²) in [6.45, 7) is 3.63. The second-order valence-electron chi connectivity index (χ2n) is 9.45. The highest BCUT2D eigenvalue weighted by atomic mass is 16.4. The number of unbranched alkanes of at least 4 members (excludes halogenated alkanes) is 7. The predicted octanol–water partition coefficient (Wildman–Crippen LogP) is 6.57. The molecule has 3 atom stereocenters. The first-order valence-corrected chi connectivity index (χ1v) is 14.1. The van der Waals surface area contributed by atoms with Crippen molar-refractivity contribution in [2.24, 2.45) is 5.92 Å². The molecule has 5 heteroatoms. The van der Waals surface area contributed by atoms with Crippen molar-refractivity contribution >= 4 is 11.6 Å². The van der Waals surface area contributed by atoms with Gasteiger partial charge in [0, 0.05) is 6.42 Å². The van der Waals surface area contributed by atoms with E-state index in [1.54, 1.807) is 0 Å². The Morgan fingerprint density at radius 3 is 1.72 bits per heavy atom. The first kappa shape index (κ1) is 34.2. The summed E-state index contributed by atoms with van der Waals surface area (Å²) < 4.78 is 0. The van der Waals surface area contributed by atoms with E-state index in [1.165, 1.54) is 25.7 Å². The SMILES string of the molecule is CCCCC/C=C\C/C=C\C/C=C\C/C=C\CCC(C(=O)CCCCCCC)C(=O)C(O)C(O)CO. The Balaban J connectivity index is 4.42. The highest BCUT2D eigenvalue weighted by Crippen LogP contribution is 2.18. The van der Waals surface area contributed by atoms with Crippen molar-refractivity contribution < 1.29 is 24.9 Å². The summed E-state index contributed by atoms with van der Waals surface area (Å²) in [5.41, 5.74) is 0. The Morgan fingerprint density at radius 2 is 1.17 bits per heavy atom. The first-order chi connectivity index (χ1) is 17.5. The van der Waals surface area contributed by atoms with Crippen molar-refractivity contribution in [1.82, 2.24) is 0 Å². The Hall–Kier alpha value is -1.82. The summed E-state index contributed by atoms with van der Waals surface area (Å²) in [5, 5.41) is 28.7. The Labute approximate surface area is 220 Å². The minimum Gasteiger partial charge on any atom is -0.394 e. The molecular weight excluding hydrogens is 452 g/mol. The lowest BCUT2D eigenvalue weighted by Crippen LogP contribution is -2.42. The summed E-state index contributed by atoms with van der Waals surface area (Å²) in [7, 11) is 0. The van der Waals surface area contributed by atoms with Gasteiger partial charge < -0.3 is 15.3 Å². The summed E-state index contributed by atoms with van der Waals surface area (Å²) in [4.78, 5) is 25.3. The summed E-state index contributed by atoms with van der Waals surface area (Å²) >= 11 is 0. The van der Waals surface area contributed by atoms with E-state index < -0.39 is 30.5 Å². The van der Waals surface area contributed by atoms with Gasteiger partial charge in [-0.25, -0.2) is 0 Å². The number of carbonyl (C=O) groups is 2. The van der Waals surface area contributed by atoms with Crippen LogP contribution in [0.2, 0.25) is 0 Å². The van der Waals surface area contributed by atoms with Crippen LogP contribution in [0.5, 0.6) is 0 Å². The molecule has 0 spiro atoms. The molecule has 36 heavy (non-hydrogen) atoms. The Bertz CT molecular complexity index is 662. The average Bonchev–Trinajstić information content (AvgIpc) is 2.89. The van der Waals surface area contributed by atoms with E-state index in [1.807, 2.05) is 12.2 Å². The molecule has 3 N–H and O–H groups in total. The number of ketones is 2. The molecule has 0 fully saturated rings. The number of rotatable bonds is 24. The van der Waals surface area contributed by atoms with Gasteiger partial charge in [-0.15, -0.1) is 0 Å². The fourth-order valence-electron chi connectivity index (χ4n) is 3.86. The van der Waals surface area contributed by atoms with E-state index in [-0.39, 0.29) is 5.78 Å². The van der Waals surface area contributed by atoms with Crippen LogP contribution in [0.4, 0.5) is 0 Å². The molecule has 0 rings (SSSR count). The lowest BCUT2D eigenvalue weighted by Gasteiger charge is -2.20. The fourth-order valence-corrected chi connectivity index (χ4v) is 3.86. The molecule has 0 aromatic rings. The molecule has 0 bridgehead atoms. The zero-order valence-corrected chi connectivity index (χ0v) is 22.8. The van der Waals surface area contributed by atoms with E-state index in [2.05, 4.69) is 50.3 Å².